The van der Waals surface area contributed by atoms with Gasteiger partial charge in [0.2, 0.25) is 0 Å². The van der Waals surface area contributed by atoms with Crippen molar-refractivity contribution in [3.63, 3.8) is 0 Å². The molecule has 0 atom stereocenters. The maximum Gasteiger partial charge on any atom is 0.150 e. The van der Waals surface area contributed by atoms with Gasteiger partial charge in [-0.15, -0.1) is 0 Å². The van der Waals surface area contributed by atoms with E-state index in [9.17, 15) is 4.79 Å². The molecule has 0 aliphatic heterocycles. The molecule has 2 heteroatoms. The van der Waals surface area contributed by atoms with Gasteiger partial charge in [0.1, 0.15) is 0 Å². The minimum atomic E-state index is 0.713. The molecule has 2 nitrogen and oxygen atoms in total. The number of rotatable bonds is 1. The average molecular weight is 257 g/mol. The normalized spacial score (nSPS) is 11.2. The molecule has 0 N–H and O–H groups in total. The summed E-state index contributed by atoms with van der Waals surface area (Å²) >= 11 is 0. The van der Waals surface area contributed by atoms with Gasteiger partial charge < -0.3 is 0 Å². The van der Waals surface area contributed by atoms with E-state index in [1.54, 1.807) is 0 Å². The van der Waals surface area contributed by atoms with Crippen molar-refractivity contribution in [1.82, 2.24) is 4.98 Å². The Kier molecular flexibility index (Phi) is 2.30. The van der Waals surface area contributed by atoms with Gasteiger partial charge in [0.25, 0.3) is 0 Å². The summed E-state index contributed by atoms with van der Waals surface area (Å²) in [6, 6.07) is 20.0. The first-order valence-electron chi connectivity index (χ1n) is 6.53. The number of hydrogen-bond donors (Lipinski definition) is 0. The number of benzene rings is 3. The van der Waals surface area contributed by atoms with Gasteiger partial charge in [-0.25, -0.2) is 4.98 Å². The van der Waals surface area contributed by atoms with Crippen LogP contribution in [0.5, 0.6) is 0 Å². The van der Waals surface area contributed by atoms with E-state index in [2.05, 4.69) is 11.1 Å². The van der Waals surface area contributed by atoms with Crippen LogP contribution in [0.25, 0.3) is 32.6 Å². The number of aldehydes is 1. The summed E-state index contributed by atoms with van der Waals surface area (Å²) in [6.45, 7) is 0. The van der Waals surface area contributed by atoms with Crippen LogP contribution in [0.1, 0.15) is 10.4 Å². The number of nitrogens with zero attached hydrogens (tertiary/aromatic N) is 1. The first-order chi connectivity index (χ1) is 9.86. The van der Waals surface area contributed by atoms with Crippen LogP contribution in [0.15, 0.2) is 60.7 Å². The van der Waals surface area contributed by atoms with Gasteiger partial charge in [-0.3, -0.25) is 4.79 Å². The summed E-state index contributed by atoms with van der Waals surface area (Å²) in [6.07, 6.45) is 0.914. The molecular formula is C18H11NO. The van der Waals surface area contributed by atoms with Crippen molar-refractivity contribution in [2.24, 2.45) is 0 Å². The van der Waals surface area contributed by atoms with Crippen LogP contribution in [-0.2, 0) is 0 Å². The topological polar surface area (TPSA) is 30.0 Å². The molecule has 3 aromatic carbocycles. The summed E-state index contributed by atoms with van der Waals surface area (Å²) in [4.78, 5) is 16.0. The quantitative estimate of drug-likeness (QED) is 0.288. The third-order valence-electron chi connectivity index (χ3n) is 3.70. The highest BCUT2D eigenvalue weighted by Gasteiger charge is 2.07. The fourth-order valence-electron chi connectivity index (χ4n) is 2.76. The van der Waals surface area contributed by atoms with Gasteiger partial charge in [-0.05, 0) is 23.6 Å². The fourth-order valence-corrected chi connectivity index (χ4v) is 2.76. The number of aromatic nitrogens is 1. The first-order valence-corrected chi connectivity index (χ1v) is 6.53. The lowest BCUT2D eigenvalue weighted by Gasteiger charge is -2.07. The van der Waals surface area contributed by atoms with Gasteiger partial charge in [0.05, 0.1) is 11.0 Å². The Bertz CT molecular complexity index is 973. The third-order valence-corrected chi connectivity index (χ3v) is 3.70. The Balaban J connectivity index is 2.28. The minimum Gasteiger partial charge on any atom is -0.298 e. The molecule has 94 valence electrons. The molecule has 0 saturated carbocycles. The van der Waals surface area contributed by atoms with Gasteiger partial charge in [0.15, 0.2) is 6.29 Å². The lowest BCUT2D eigenvalue weighted by Crippen LogP contribution is -1.88. The highest BCUT2D eigenvalue weighted by molar-refractivity contribution is 6.15. The minimum absolute atomic E-state index is 0.713. The zero-order valence-electron chi connectivity index (χ0n) is 10.7. The Morgan fingerprint density at radius 2 is 1.65 bits per heavy atom. The van der Waals surface area contributed by atoms with Crippen LogP contribution in [0.4, 0.5) is 0 Å². The summed E-state index contributed by atoms with van der Waals surface area (Å²) in [5.74, 6) is 0. The second kappa shape index (κ2) is 4.14. The van der Waals surface area contributed by atoms with E-state index in [4.69, 9.17) is 0 Å². The lowest BCUT2D eigenvalue weighted by molar-refractivity contribution is 0.112. The van der Waals surface area contributed by atoms with Crippen LogP contribution in [0.3, 0.4) is 0 Å². The Labute approximate surface area is 115 Å². The molecule has 0 spiro atoms. The predicted octanol–water partition coefficient (Wildman–Crippen LogP) is 4.35. The highest BCUT2D eigenvalue weighted by atomic mass is 16.1. The maximum atomic E-state index is 11.3. The second-order valence-electron chi connectivity index (χ2n) is 4.88. The summed E-state index contributed by atoms with van der Waals surface area (Å²) in [7, 11) is 0. The van der Waals surface area contributed by atoms with E-state index in [0.717, 1.165) is 38.9 Å². The van der Waals surface area contributed by atoms with Gasteiger partial charge in [-0.2, -0.15) is 0 Å². The predicted molar refractivity (Wildman–Crippen MR) is 82.1 cm³/mol. The summed E-state index contributed by atoms with van der Waals surface area (Å²) in [5, 5.41) is 4.18. The van der Waals surface area contributed by atoms with E-state index >= 15 is 0 Å². The van der Waals surface area contributed by atoms with Crippen molar-refractivity contribution >= 4 is 38.9 Å². The first kappa shape index (κ1) is 11.1. The van der Waals surface area contributed by atoms with Gasteiger partial charge >= 0.3 is 0 Å². The third kappa shape index (κ3) is 1.51. The van der Waals surface area contributed by atoms with Crippen LogP contribution in [0, 0.1) is 0 Å². The lowest BCUT2D eigenvalue weighted by atomic mass is 9.99. The highest BCUT2D eigenvalue weighted by Crippen LogP contribution is 2.29. The van der Waals surface area contributed by atoms with E-state index in [0.29, 0.717) is 5.56 Å². The molecule has 4 rings (SSSR count). The maximum absolute atomic E-state index is 11.3. The van der Waals surface area contributed by atoms with E-state index < -0.39 is 0 Å². The number of carbonyl (C=O) groups is 1. The fraction of sp³-hybridized carbons (Fsp3) is 0. The van der Waals surface area contributed by atoms with Crippen molar-refractivity contribution < 1.29 is 4.79 Å². The average Bonchev–Trinajstić information content (AvgIpc) is 2.52. The monoisotopic (exact) mass is 257 g/mol. The van der Waals surface area contributed by atoms with Crippen molar-refractivity contribution in [3.8, 4) is 0 Å². The molecule has 0 bridgehead atoms. The number of fused-ring (bicyclic) bond motifs is 4. The number of pyridine rings is 1. The van der Waals surface area contributed by atoms with Crippen molar-refractivity contribution in [3.05, 3.63) is 66.2 Å². The zero-order valence-corrected chi connectivity index (χ0v) is 10.7. The molecule has 0 amide bonds. The van der Waals surface area contributed by atoms with Crippen LogP contribution >= 0.6 is 0 Å². The Morgan fingerprint density at radius 3 is 2.55 bits per heavy atom. The zero-order chi connectivity index (χ0) is 13.5. The van der Waals surface area contributed by atoms with Crippen LogP contribution in [0.2, 0.25) is 0 Å². The van der Waals surface area contributed by atoms with Crippen LogP contribution in [-0.4, -0.2) is 11.3 Å². The molecule has 0 unspecified atom stereocenters. The molecular weight excluding hydrogens is 246 g/mol. The molecule has 1 aromatic heterocycles. The molecule has 0 fully saturated rings. The Morgan fingerprint density at radius 1 is 0.800 bits per heavy atom. The van der Waals surface area contributed by atoms with E-state index in [-0.39, 0.29) is 0 Å². The number of para-hydroxylation sites is 1. The van der Waals surface area contributed by atoms with Crippen molar-refractivity contribution in [2.45, 2.75) is 0 Å². The smallest absolute Gasteiger partial charge is 0.150 e. The van der Waals surface area contributed by atoms with Crippen molar-refractivity contribution in [2.75, 3.05) is 0 Å². The van der Waals surface area contributed by atoms with E-state index in [1.165, 1.54) is 0 Å². The molecule has 4 aromatic rings. The van der Waals surface area contributed by atoms with E-state index in [1.807, 2.05) is 54.6 Å². The summed E-state index contributed by atoms with van der Waals surface area (Å²) in [5.41, 5.74) is 2.61. The molecule has 0 radical (unpaired) electrons. The second-order valence-corrected chi connectivity index (χ2v) is 4.88. The molecule has 1 heterocycles. The number of hydrogen-bond acceptors (Lipinski definition) is 2. The molecule has 20 heavy (non-hydrogen) atoms. The van der Waals surface area contributed by atoms with Crippen molar-refractivity contribution in [1.29, 1.82) is 0 Å². The standard InChI is InChI=1S/C18H11NO/c20-11-14-6-3-5-12-8-9-17-15(18(12)14)10-13-4-1-2-7-16(13)19-17/h1-11H. The summed E-state index contributed by atoms with van der Waals surface area (Å²) < 4.78 is 0. The van der Waals surface area contributed by atoms with Gasteiger partial charge in [0, 0.05) is 21.7 Å². The molecule has 0 aliphatic carbocycles. The molecule has 0 saturated heterocycles. The molecule has 0 aliphatic rings. The SMILES string of the molecule is O=Cc1cccc2ccc3nc4ccccc4cc3c12. The van der Waals surface area contributed by atoms with Crippen LogP contribution < -0.4 is 0 Å². The number of carbonyl (C=O) groups excluding carboxylic acids is 1. The Hall–Kier alpha value is -2.74. The largest absolute Gasteiger partial charge is 0.298 e. The van der Waals surface area contributed by atoms with Gasteiger partial charge in [-0.1, -0.05) is 42.5 Å².